The van der Waals surface area contributed by atoms with E-state index in [1.165, 1.54) is 19.0 Å². The molecule has 1 N–H and O–H groups in total. The Morgan fingerprint density at radius 2 is 1.55 bits per heavy atom. The molecule has 1 fully saturated rings. The number of rotatable bonds is 0. The monoisotopic (exact) mass is 274 g/mol. The fourth-order valence-electron chi connectivity index (χ4n) is 2.69. The van der Waals surface area contributed by atoms with Crippen LogP contribution < -0.4 is 10.2 Å². The first kappa shape index (κ1) is 12.5. The van der Waals surface area contributed by atoms with Crippen LogP contribution in [0.2, 0.25) is 0 Å². The van der Waals surface area contributed by atoms with Gasteiger partial charge >= 0.3 is 6.03 Å². The molecule has 0 radical (unpaired) electrons. The molecule has 2 aliphatic rings. The number of hydrogen-bond acceptors (Lipinski definition) is 4. The van der Waals surface area contributed by atoms with Crippen LogP contribution in [0.3, 0.4) is 0 Å². The number of benzene rings is 1. The molecule has 0 aromatic heterocycles. The number of likely N-dealkylation sites (N-methyl/N-ethyl adjacent to an activating group) is 3. The van der Waals surface area contributed by atoms with Crippen molar-refractivity contribution in [3.05, 3.63) is 24.3 Å². The van der Waals surface area contributed by atoms with Crippen LogP contribution in [0.15, 0.2) is 24.3 Å². The number of nitrogens with zero attached hydrogens (tertiary/aromatic N) is 3. The van der Waals surface area contributed by atoms with Crippen LogP contribution in [0.25, 0.3) is 0 Å². The Bertz CT molecular complexity index is 644. The van der Waals surface area contributed by atoms with E-state index in [-0.39, 0.29) is 0 Å². The van der Waals surface area contributed by atoms with Gasteiger partial charge in [-0.3, -0.25) is 19.4 Å². The van der Waals surface area contributed by atoms with Gasteiger partial charge in [0.1, 0.15) is 0 Å². The van der Waals surface area contributed by atoms with E-state index in [0.717, 1.165) is 9.80 Å². The Hall–Kier alpha value is -2.57. The zero-order valence-electron chi connectivity index (χ0n) is 11.4. The molecule has 0 bridgehead atoms. The number of carbonyl (C=O) groups excluding carboxylic acids is 3. The molecule has 2 aliphatic heterocycles. The van der Waals surface area contributed by atoms with Crippen LogP contribution in [0.4, 0.5) is 16.2 Å². The van der Waals surface area contributed by atoms with Gasteiger partial charge in [-0.2, -0.15) is 0 Å². The van der Waals surface area contributed by atoms with Crippen LogP contribution in [0.5, 0.6) is 0 Å². The largest absolute Gasteiger partial charge is 0.345 e. The third-order valence-corrected chi connectivity index (χ3v) is 3.89. The third kappa shape index (κ3) is 1.21. The number of carbonyl (C=O) groups is 3. The van der Waals surface area contributed by atoms with E-state index in [9.17, 15) is 14.4 Å². The summed E-state index contributed by atoms with van der Waals surface area (Å²) in [5.41, 5.74) is -0.376. The van der Waals surface area contributed by atoms with Gasteiger partial charge in [0.2, 0.25) is 0 Å². The molecule has 7 heteroatoms. The molecule has 1 atom stereocenters. The van der Waals surface area contributed by atoms with E-state index in [2.05, 4.69) is 5.32 Å². The molecular weight excluding hydrogens is 260 g/mol. The first-order valence-electron chi connectivity index (χ1n) is 6.12. The van der Waals surface area contributed by atoms with Crippen molar-refractivity contribution in [1.29, 1.82) is 0 Å². The molecule has 3 rings (SSSR count). The summed E-state index contributed by atoms with van der Waals surface area (Å²) in [6, 6.07) is 6.64. The van der Waals surface area contributed by atoms with Gasteiger partial charge in [-0.15, -0.1) is 0 Å². The summed E-state index contributed by atoms with van der Waals surface area (Å²) < 4.78 is 0. The van der Waals surface area contributed by atoms with Crippen LogP contribution in [-0.2, 0) is 9.59 Å². The van der Waals surface area contributed by atoms with E-state index in [0.29, 0.717) is 11.4 Å². The van der Waals surface area contributed by atoms with Crippen molar-refractivity contribution >= 4 is 29.2 Å². The summed E-state index contributed by atoms with van der Waals surface area (Å²) in [6.45, 7) is 0. The van der Waals surface area contributed by atoms with E-state index >= 15 is 0 Å². The predicted octanol–water partition coefficient (Wildman–Crippen LogP) is 0.295. The van der Waals surface area contributed by atoms with Gasteiger partial charge in [-0.1, -0.05) is 12.1 Å². The molecule has 20 heavy (non-hydrogen) atoms. The zero-order valence-corrected chi connectivity index (χ0v) is 11.4. The smallest absolute Gasteiger partial charge is 0.328 e. The van der Waals surface area contributed by atoms with Crippen LogP contribution in [0, 0.1) is 0 Å². The van der Waals surface area contributed by atoms with Crippen LogP contribution in [0.1, 0.15) is 0 Å². The quantitative estimate of drug-likeness (QED) is 0.545. The van der Waals surface area contributed by atoms with E-state index in [4.69, 9.17) is 0 Å². The second kappa shape index (κ2) is 3.72. The lowest BCUT2D eigenvalue weighted by atomic mass is 10.0. The average Bonchev–Trinajstić information content (AvgIpc) is 2.61. The minimum Gasteiger partial charge on any atom is -0.345 e. The van der Waals surface area contributed by atoms with Crippen LogP contribution in [-0.4, -0.2) is 54.5 Å². The highest BCUT2D eigenvalue weighted by Crippen LogP contribution is 2.38. The number of nitrogens with one attached hydrogen (secondary N) is 1. The fraction of sp³-hybridized carbons (Fsp3) is 0.308. The average molecular weight is 274 g/mol. The highest BCUT2D eigenvalue weighted by Gasteiger charge is 2.63. The molecule has 4 amide bonds. The third-order valence-electron chi connectivity index (χ3n) is 3.89. The zero-order chi connectivity index (χ0) is 14.7. The molecule has 2 heterocycles. The normalized spacial score (nSPS) is 25.4. The summed E-state index contributed by atoms with van der Waals surface area (Å²) in [7, 11) is 4.40. The SMILES string of the molecule is CN1C(=O)N(C)[C@@]2(Nc3ccccc3N(C)C2=O)C1=O. The highest BCUT2D eigenvalue weighted by molar-refractivity contribution is 6.26. The number of amides is 4. The molecule has 1 aromatic carbocycles. The minimum absolute atomic E-state index is 0.471. The summed E-state index contributed by atoms with van der Waals surface area (Å²) in [5, 5.41) is 2.94. The Balaban J connectivity index is 2.20. The standard InChI is InChI=1S/C13H14N4O3/c1-15-9-7-5-4-6-8(9)14-13(10(15)18)11(19)16(2)12(20)17(13)3/h4-7,14H,1-3H3/t13-/m1/s1. The van der Waals surface area contributed by atoms with Crippen LogP contribution >= 0.6 is 0 Å². The first-order valence-corrected chi connectivity index (χ1v) is 6.12. The lowest BCUT2D eigenvalue weighted by Gasteiger charge is -2.41. The minimum atomic E-state index is -1.69. The van der Waals surface area contributed by atoms with Crippen molar-refractivity contribution < 1.29 is 14.4 Å². The van der Waals surface area contributed by atoms with Gasteiger partial charge < -0.3 is 10.2 Å². The second-order valence-corrected chi connectivity index (χ2v) is 4.92. The number of urea groups is 1. The Morgan fingerprint density at radius 1 is 0.950 bits per heavy atom. The lowest BCUT2D eigenvalue weighted by molar-refractivity contribution is -0.139. The number of hydrogen-bond donors (Lipinski definition) is 1. The van der Waals surface area contributed by atoms with Crippen molar-refractivity contribution in [3.8, 4) is 0 Å². The van der Waals surface area contributed by atoms with Gasteiger partial charge in [-0.25, -0.2) is 4.79 Å². The summed E-state index contributed by atoms with van der Waals surface area (Å²) in [4.78, 5) is 40.5. The van der Waals surface area contributed by atoms with E-state index < -0.39 is 23.5 Å². The number of fused-ring (bicyclic) bond motifs is 1. The van der Waals surface area contributed by atoms with E-state index in [1.54, 1.807) is 31.3 Å². The van der Waals surface area contributed by atoms with E-state index in [1.807, 2.05) is 0 Å². The summed E-state index contributed by atoms with van der Waals surface area (Å²) >= 11 is 0. The van der Waals surface area contributed by atoms with Crippen molar-refractivity contribution in [2.75, 3.05) is 31.4 Å². The van der Waals surface area contributed by atoms with Crippen molar-refractivity contribution in [2.45, 2.75) is 5.66 Å². The molecule has 0 saturated carbocycles. The van der Waals surface area contributed by atoms with Crippen molar-refractivity contribution in [3.63, 3.8) is 0 Å². The highest BCUT2D eigenvalue weighted by atomic mass is 16.2. The molecule has 0 aliphatic carbocycles. The van der Waals surface area contributed by atoms with Crippen molar-refractivity contribution in [2.24, 2.45) is 0 Å². The molecule has 7 nitrogen and oxygen atoms in total. The number of imide groups is 1. The molecule has 1 saturated heterocycles. The van der Waals surface area contributed by atoms with Gasteiger partial charge in [0, 0.05) is 21.1 Å². The number of para-hydroxylation sites is 2. The summed E-state index contributed by atoms with van der Waals surface area (Å²) in [5.74, 6) is -1.04. The maximum Gasteiger partial charge on any atom is 0.328 e. The van der Waals surface area contributed by atoms with Gasteiger partial charge in [0.15, 0.2) is 0 Å². The molecule has 1 spiro atoms. The van der Waals surface area contributed by atoms with Crippen molar-refractivity contribution in [1.82, 2.24) is 9.80 Å². The molecule has 1 aromatic rings. The Labute approximate surface area is 115 Å². The second-order valence-electron chi connectivity index (χ2n) is 4.92. The molecular formula is C13H14N4O3. The van der Waals surface area contributed by atoms with Gasteiger partial charge in [0.25, 0.3) is 17.5 Å². The maximum atomic E-state index is 12.6. The van der Waals surface area contributed by atoms with Gasteiger partial charge in [0.05, 0.1) is 11.4 Å². The molecule has 0 unspecified atom stereocenters. The molecule has 104 valence electrons. The topological polar surface area (TPSA) is 73.0 Å². The summed E-state index contributed by atoms with van der Waals surface area (Å²) in [6.07, 6.45) is 0. The number of anilines is 2. The predicted molar refractivity (Wildman–Crippen MR) is 72.1 cm³/mol. The van der Waals surface area contributed by atoms with Gasteiger partial charge in [-0.05, 0) is 12.1 Å². The maximum absolute atomic E-state index is 12.6. The lowest BCUT2D eigenvalue weighted by Crippen LogP contribution is -2.66. The Morgan fingerprint density at radius 3 is 2.15 bits per heavy atom. The Kier molecular flexibility index (Phi) is 2.32. The first-order chi connectivity index (χ1) is 9.41. The fourth-order valence-corrected chi connectivity index (χ4v) is 2.69.